The van der Waals surface area contributed by atoms with Crippen molar-refractivity contribution in [2.75, 3.05) is 6.61 Å². The molecule has 102 valence electrons. The number of hydrogen-bond acceptors (Lipinski definition) is 5. The lowest BCUT2D eigenvalue weighted by Gasteiger charge is -2.27. The number of carbonyl (C=O) groups is 2. The number of carbonyl (C=O) groups excluding carboxylic acids is 2. The predicted molar refractivity (Wildman–Crippen MR) is 67.1 cm³/mol. The van der Waals surface area contributed by atoms with E-state index >= 15 is 0 Å². The van der Waals surface area contributed by atoms with E-state index in [2.05, 4.69) is 21.8 Å². The number of esters is 1. The first-order valence-electron chi connectivity index (χ1n) is 5.59. The highest BCUT2D eigenvalue weighted by Gasteiger charge is 2.28. The van der Waals surface area contributed by atoms with Crippen LogP contribution < -0.4 is 5.43 Å². The summed E-state index contributed by atoms with van der Waals surface area (Å²) in [5.41, 5.74) is 0.882. The molecular formula is C12H19FN2O3. The standard InChI is InChI=1S/C12H19FN2O3/c1-6-12(5,9(4)13)15-14-10(8(3)16)11(17)18-7-2/h6,9,15H,1,7H2,2-5H3/b14-10+/t9?,12-/m0/s1. The van der Waals surface area contributed by atoms with Crippen LogP contribution in [-0.4, -0.2) is 35.8 Å². The lowest BCUT2D eigenvalue weighted by molar-refractivity contribution is -0.135. The molecule has 5 nitrogen and oxygen atoms in total. The van der Waals surface area contributed by atoms with Crippen molar-refractivity contribution in [1.29, 1.82) is 0 Å². The van der Waals surface area contributed by atoms with Gasteiger partial charge in [-0.2, -0.15) is 5.10 Å². The third-order valence-electron chi connectivity index (χ3n) is 2.46. The van der Waals surface area contributed by atoms with Crippen molar-refractivity contribution in [3.63, 3.8) is 0 Å². The van der Waals surface area contributed by atoms with Gasteiger partial charge in [-0.05, 0) is 20.8 Å². The molecule has 0 aliphatic carbocycles. The Balaban J connectivity index is 5.05. The summed E-state index contributed by atoms with van der Waals surface area (Å²) in [5, 5.41) is 3.64. The van der Waals surface area contributed by atoms with Crippen LogP contribution in [0, 0.1) is 0 Å². The lowest BCUT2D eigenvalue weighted by Crippen LogP contribution is -2.45. The fourth-order valence-corrected chi connectivity index (χ4v) is 0.941. The summed E-state index contributed by atoms with van der Waals surface area (Å²) in [7, 11) is 0. The Morgan fingerprint density at radius 1 is 1.61 bits per heavy atom. The maximum atomic E-state index is 13.3. The summed E-state index contributed by atoms with van der Waals surface area (Å²) in [6, 6.07) is 0. The molecule has 0 aromatic heterocycles. The molecular weight excluding hydrogens is 239 g/mol. The van der Waals surface area contributed by atoms with E-state index in [1.807, 2.05) is 0 Å². The molecule has 0 radical (unpaired) electrons. The van der Waals surface area contributed by atoms with Gasteiger partial charge in [0, 0.05) is 6.92 Å². The SMILES string of the molecule is C=C[C@](C)(N/N=C(\C(C)=O)C(=O)OCC)C(C)F. The molecule has 0 rings (SSSR count). The summed E-state index contributed by atoms with van der Waals surface area (Å²) in [4.78, 5) is 22.7. The highest BCUT2D eigenvalue weighted by molar-refractivity contribution is 6.63. The molecule has 0 aromatic rings. The highest BCUT2D eigenvalue weighted by Crippen LogP contribution is 2.14. The Morgan fingerprint density at radius 3 is 2.50 bits per heavy atom. The van der Waals surface area contributed by atoms with Crippen LogP contribution in [0.15, 0.2) is 17.8 Å². The number of nitrogens with zero attached hydrogens (tertiary/aromatic N) is 1. The monoisotopic (exact) mass is 258 g/mol. The summed E-state index contributed by atoms with van der Waals surface area (Å²) in [6.07, 6.45) is 0.0264. The third-order valence-corrected chi connectivity index (χ3v) is 2.46. The average molecular weight is 258 g/mol. The van der Waals surface area contributed by atoms with E-state index in [1.165, 1.54) is 26.8 Å². The fraction of sp³-hybridized carbons (Fsp3) is 0.583. The van der Waals surface area contributed by atoms with Crippen LogP contribution in [-0.2, 0) is 14.3 Å². The Bertz CT molecular complexity index is 366. The number of hydrazone groups is 1. The van der Waals surface area contributed by atoms with Crippen LogP contribution in [0.4, 0.5) is 4.39 Å². The molecule has 0 heterocycles. The Morgan fingerprint density at radius 2 is 2.17 bits per heavy atom. The van der Waals surface area contributed by atoms with Gasteiger partial charge in [-0.3, -0.25) is 10.2 Å². The Kier molecular flexibility index (Phi) is 6.22. The molecule has 1 unspecified atom stereocenters. The van der Waals surface area contributed by atoms with Crippen molar-refractivity contribution in [3.05, 3.63) is 12.7 Å². The van der Waals surface area contributed by atoms with Crippen LogP contribution in [0.5, 0.6) is 0 Å². The van der Waals surface area contributed by atoms with Crippen molar-refractivity contribution in [3.8, 4) is 0 Å². The summed E-state index contributed by atoms with van der Waals surface area (Å²) in [6.45, 7) is 9.24. The summed E-state index contributed by atoms with van der Waals surface area (Å²) in [5.74, 6) is -1.39. The van der Waals surface area contributed by atoms with Crippen molar-refractivity contribution in [2.24, 2.45) is 5.10 Å². The number of rotatable bonds is 7. The predicted octanol–water partition coefficient (Wildman–Crippen LogP) is 1.39. The molecule has 0 amide bonds. The molecule has 0 aliphatic heterocycles. The Hall–Kier alpha value is -1.72. The van der Waals surface area contributed by atoms with Gasteiger partial charge in [-0.25, -0.2) is 9.18 Å². The van der Waals surface area contributed by atoms with Crippen molar-refractivity contribution in [1.82, 2.24) is 5.43 Å². The number of Topliss-reactive ketones (excluding diaryl/α,β-unsaturated/α-hetero) is 1. The quantitative estimate of drug-likeness (QED) is 0.246. The lowest BCUT2D eigenvalue weighted by atomic mass is 9.99. The van der Waals surface area contributed by atoms with E-state index in [0.717, 1.165) is 0 Å². The second kappa shape index (κ2) is 6.88. The molecule has 0 aliphatic rings. The van der Waals surface area contributed by atoms with E-state index in [-0.39, 0.29) is 6.61 Å². The molecule has 0 bridgehead atoms. The Labute approximate surface area is 106 Å². The third kappa shape index (κ3) is 4.27. The van der Waals surface area contributed by atoms with E-state index < -0.39 is 29.2 Å². The van der Waals surface area contributed by atoms with Crippen LogP contribution in [0.3, 0.4) is 0 Å². The zero-order chi connectivity index (χ0) is 14.3. The van der Waals surface area contributed by atoms with Crippen molar-refractivity contribution in [2.45, 2.75) is 39.4 Å². The zero-order valence-electron chi connectivity index (χ0n) is 11.1. The van der Waals surface area contributed by atoms with Crippen molar-refractivity contribution >= 4 is 17.5 Å². The van der Waals surface area contributed by atoms with Gasteiger partial charge in [0.25, 0.3) is 0 Å². The first-order valence-corrected chi connectivity index (χ1v) is 5.59. The minimum Gasteiger partial charge on any atom is -0.461 e. The average Bonchev–Trinajstić information content (AvgIpc) is 2.28. The van der Waals surface area contributed by atoms with E-state index in [1.54, 1.807) is 6.92 Å². The molecule has 0 saturated heterocycles. The number of nitrogens with one attached hydrogen (secondary N) is 1. The molecule has 0 aromatic carbocycles. The fourth-order valence-electron chi connectivity index (χ4n) is 0.941. The topological polar surface area (TPSA) is 67.8 Å². The van der Waals surface area contributed by atoms with E-state index in [9.17, 15) is 14.0 Å². The second-order valence-corrected chi connectivity index (χ2v) is 3.95. The number of ether oxygens (including phenoxy) is 1. The van der Waals surface area contributed by atoms with Gasteiger partial charge in [0.15, 0.2) is 5.78 Å². The van der Waals surface area contributed by atoms with E-state index in [0.29, 0.717) is 0 Å². The van der Waals surface area contributed by atoms with Crippen LogP contribution in [0.25, 0.3) is 0 Å². The van der Waals surface area contributed by atoms with Gasteiger partial charge < -0.3 is 4.74 Å². The van der Waals surface area contributed by atoms with Crippen LogP contribution >= 0.6 is 0 Å². The van der Waals surface area contributed by atoms with Gasteiger partial charge in [0.2, 0.25) is 5.71 Å². The van der Waals surface area contributed by atoms with Crippen LogP contribution in [0.1, 0.15) is 27.7 Å². The molecule has 1 N–H and O–H groups in total. The van der Waals surface area contributed by atoms with Crippen LogP contribution in [0.2, 0.25) is 0 Å². The van der Waals surface area contributed by atoms with E-state index in [4.69, 9.17) is 0 Å². The highest BCUT2D eigenvalue weighted by atomic mass is 19.1. The van der Waals surface area contributed by atoms with Gasteiger partial charge in [-0.15, -0.1) is 6.58 Å². The minimum atomic E-state index is -1.30. The molecule has 6 heteroatoms. The zero-order valence-corrected chi connectivity index (χ0v) is 11.1. The molecule has 0 saturated carbocycles. The number of ketones is 1. The second-order valence-electron chi connectivity index (χ2n) is 3.95. The summed E-state index contributed by atoms with van der Waals surface area (Å²) >= 11 is 0. The van der Waals surface area contributed by atoms with Gasteiger partial charge >= 0.3 is 5.97 Å². The first kappa shape index (κ1) is 16.3. The summed E-state index contributed by atoms with van der Waals surface area (Å²) < 4.78 is 18.0. The number of alkyl halides is 1. The number of hydrogen-bond donors (Lipinski definition) is 1. The first-order chi connectivity index (χ1) is 8.28. The largest absolute Gasteiger partial charge is 0.461 e. The molecule has 0 fully saturated rings. The molecule has 2 atom stereocenters. The number of halogens is 1. The normalized spacial score (nSPS) is 16.4. The maximum absolute atomic E-state index is 13.3. The molecule has 0 spiro atoms. The minimum absolute atomic E-state index is 0.128. The maximum Gasteiger partial charge on any atom is 0.362 e. The smallest absolute Gasteiger partial charge is 0.362 e. The van der Waals surface area contributed by atoms with Gasteiger partial charge in [-0.1, -0.05) is 6.08 Å². The molecule has 18 heavy (non-hydrogen) atoms. The van der Waals surface area contributed by atoms with Gasteiger partial charge in [0.1, 0.15) is 11.7 Å². The van der Waals surface area contributed by atoms with Crippen molar-refractivity contribution < 1.29 is 18.7 Å². The van der Waals surface area contributed by atoms with Gasteiger partial charge in [0.05, 0.1) is 6.61 Å².